The van der Waals surface area contributed by atoms with Crippen LogP contribution < -0.4 is 5.73 Å². The largest absolute Gasteiger partial charge is 0.366 e. The van der Waals surface area contributed by atoms with Crippen LogP contribution in [-0.4, -0.2) is 10.5 Å². The number of hydrogen-bond acceptors (Lipinski definition) is 1. The maximum Gasteiger partial charge on any atom is 0.250 e. The number of hydrogen-bond donors (Lipinski definition) is 1. The number of aryl methyl sites for hydroxylation is 1. The maximum absolute atomic E-state index is 13.2. The summed E-state index contributed by atoms with van der Waals surface area (Å²) in [6, 6.07) is 6.62. The SMILES string of the molecule is Cc1cc(-c2cc(C(N)=O)c(C)n2C)ccc1F. The van der Waals surface area contributed by atoms with Crippen LogP contribution in [0.1, 0.15) is 21.6 Å². The Kier molecular flexibility index (Phi) is 2.95. The molecule has 18 heavy (non-hydrogen) atoms. The number of rotatable bonds is 2. The van der Waals surface area contributed by atoms with Crippen LogP contribution in [0.4, 0.5) is 4.39 Å². The molecular formula is C14H15FN2O. The van der Waals surface area contributed by atoms with Gasteiger partial charge in [-0.1, -0.05) is 0 Å². The number of amides is 1. The number of primary amides is 1. The Bertz CT molecular complexity index is 629. The Labute approximate surface area is 105 Å². The van der Waals surface area contributed by atoms with Crippen molar-refractivity contribution < 1.29 is 9.18 Å². The molecule has 2 N–H and O–H groups in total. The van der Waals surface area contributed by atoms with Gasteiger partial charge < -0.3 is 10.3 Å². The van der Waals surface area contributed by atoms with Crippen LogP contribution in [0.5, 0.6) is 0 Å². The fraction of sp³-hybridized carbons (Fsp3) is 0.214. The second-order valence-corrected chi connectivity index (χ2v) is 4.42. The van der Waals surface area contributed by atoms with E-state index in [4.69, 9.17) is 5.73 Å². The van der Waals surface area contributed by atoms with E-state index in [9.17, 15) is 9.18 Å². The van der Waals surface area contributed by atoms with Gasteiger partial charge in [0.2, 0.25) is 0 Å². The molecule has 1 aromatic heterocycles. The van der Waals surface area contributed by atoms with Gasteiger partial charge in [-0.25, -0.2) is 4.39 Å². The average molecular weight is 246 g/mol. The molecule has 2 aromatic rings. The second kappa shape index (κ2) is 4.29. The number of nitrogens with zero attached hydrogens (tertiary/aromatic N) is 1. The molecule has 0 radical (unpaired) electrons. The zero-order valence-corrected chi connectivity index (χ0v) is 10.6. The molecule has 0 aliphatic heterocycles. The molecule has 1 heterocycles. The van der Waals surface area contributed by atoms with Gasteiger partial charge in [0, 0.05) is 18.4 Å². The van der Waals surface area contributed by atoms with Gasteiger partial charge in [-0.3, -0.25) is 4.79 Å². The van der Waals surface area contributed by atoms with Gasteiger partial charge in [-0.2, -0.15) is 0 Å². The lowest BCUT2D eigenvalue weighted by Gasteiger charge is -2.06. The molecule has 0 aliphatic carbocycles. The summed E-state index contributed by atoms with van der Waals surface area (Å²) in [5.74, 6) is -0.687. The monoisotopic (exact) mass is 246 g/mol. The fourth-order valence-corrected chi connectivity index (χ4v) is 2.03. The first-order valence-electron chi connectivity index (χ1n) is 5.64. The molecule has 94 valence electrons. The molecule has 3 nitrogen and oxygen atoms in total. The third kappa shape index (κ3) is 1.90. The van der Waals surface area contributed by atoms with Crippen molar-refractivity contribution in [2.45, 2.75) is 13.8 Å². The number of benzene rings is 1. The lowest BCUT2D eigenvalue weighted by molar-refractivity contribution is 0.0999. The van der Waals surface area contributed by atoms with Gasteiger partial charge >= 0.3 is 0 Å². The van der Waals surface area contributed by atoms with Crippen molar-refractivity contribution in [3.05, 3.63) is 46.9 Å². The van der Waals surface area contributed by atoms with E-state index in [0.717, 1.165) is 17.0 Å². The number of carbonyl (C=O) groups excluding carboxylic acids is 1. The molecule has 2 rings (SSSR count). The summed E-state index contributed by atoms with van der Waals surface area (Å²) < 4.78 is 15.1. The van der Waals surface area contributed by atoms with Crippen LogP contribution in [-0.2, 0) is 7.05 Å². The van der Waals surface area contributed by atoms with E-state index in [0.29, 0.717) is 11.1 Å². The first-order valence-corrected chi connectivity index (χ1v) is 5.64. The molecule has 0 saturated heterocycles. The predicted molar refractivity (Wildman–Crippen MR) is 68.8 cm³/mol. The van der Waals surface area contributed by atoms with Crippen molar-refractivity contribution in [3.8, 4) is 11.3 Å². The molecule has 0 spiro atoms. The van der Waals surface area contributed by atoms with Crippen LogP contribution in [0.2, 0.25) is 0 Å². The van der Waals surface area contributed by atoms with Gasteiger partial charge in [0.25, 0.3) is 5.91 Å². The van der Waals surface area contributed by atoms with Crippen LogP contribution in [0.15, 0.2) is 24.3 Å². The Morgan fingerprint density at radius 3 is 2.44 bits per heavy atom. The molecular weight excluding hydrogens is 231 g/mol. The number of halogens is 1. The van der Waals surface area contributed by atoms with E-state index >= 15 is 0 Å². The average Bonchev–Trinajstić information content (AvgIpc) is 2.60. The normalized spacial score (nSPS) is 10.7. The quantitative estimate of drug-likeness (QED) is 0.869. The topological polar surface area (TPSA) is 48.0 Å². The summed E-state index contributed by atoms with van der Waals surface area (Å²) in [5, 5.41) is 0. The summed E-state index contributed by atoms with van der Waals surface area (Å²) in [6.07, 6.45) is 0. The summed E-state index contributed by atoms with van der Waals surface area (Å²) in [4.78, 5) is 11.3. The van der Waals surface area contributed by atoms with Crippen LogP contribution in [0.3, 0.4) is 0 Å². The Morgan fingerprint density at radius 1 is 1.28 bits per heavy atom. The first kappa shape index (κ1) is 12.4. The smallest absolute Gasteiger partial charge is 0.250 e. The standard InChI is InChI=1S/C14H15FN2O/c1-8-6-10(4-5-12(8)15)13-7-11(14(16)18)9(2)17(13)3/h4-7H,1-3H3,(H2,16,18). The van der Waals surface area contributed by atoms with E-state index in [2.05, 4.69) is 0 Å². The van der Waals surface area contributed by atoms with Crippen molar-refractivity contribution >= 4 is 5.91 Å². The zero-order valence-electron chi connectivity index (χ0n) is 10.6. The summed E-state index contributed by atoms with van der Waals surface area (Å²) in [6.45, 7) is 3.55. The van der Waals surface area contributed by atoms with Crippen LogP contribution in [0.25, 0.3) is 11.3 Å². The van der Waals surface area contributed by atoms with Gasteiger partial charge in [-0.15, -0.1) is 0 Å². The third-order valence-electron chi connectivity index (χ3n) is 3.25. The lowest BCUT2D eigenvalue weighted by atomic mass is 10.1. The minimum Gasteiger partial charge on any atom is -0.366 e. The molecule has 0 atom stereocenters. The molecule has 0 bridgehead atoms. The lowest BCUT2D eigenvalue weighted by Crippen LogP contribution is -2.11. The second-order valence-electron chi connectivity index (χ2n) is 4.42. The molecule has 0 saturated carbocycles. The summed E-state index contributed by atoms with van der Waals surface area (Å²) in [7, 11) is 1.86. The number of aromatic nitrogens is 1. The number of nitrogens with two attached hydrogens (primary N) is 1. The predicted octanol–water partition coefficient (Wildman–Crippen LogP) is 2.55. The van der Waals surface area contributed by atoms with E-state index < -0.39 is 5.91 Å². The van der Waals surface area contributed by atoms with Crippen molar-refractivity contribution in [2.24, 2.45) is 12.8 Å². The van der Waals surface area contributed by atoms with E-state index in [-0.39, 0.29) is 5.82 Å². The minimum absolute atomic E-state index is 0.236. The molecule has 0 unspecified atom stereocenters. The molecule has 1 amide bonds. The third-order valence-corrected chi connectivity index (χ3v) is 3.25. The molecule has 0 fully saturated rings. The van der Waals surface area contributed by atoms with Crippen molar-refractivity contribution in [2.75, 3.05) is 0 Å². The summed E-state index contributed by atoms with van der Waals surface area (Å²) in [5.41, 5.74) is 8.91. The Morgan fingerprint density at radius 2 is 1.94 bits per heavy atom. The fourth-order valence-electron chi connectivity index (χ4n) is 2.03. The highest BCUT2D eigenvalue weighted by molar-refractivity contribution is 5.95. The molecule has 1 aromatic carbocycles. The van der Waals surface area contributed by atoms with Gasteiger partial charge in [0.1, 0.15) is 5.82 Å². The van der Waals surface area contributed by atoms with Crippen molar-refractivity contribution in [1.82, 2.24) is 4.57 Å². The first-order chi connectivity index (χ1) is 8.41. The maximum atomic E-state index is 13.2. The van der Waals surface area contributed by atoms with Gasteiger partial charge in [0.05, 0.1) is 5.56 Å². The highest BCUT2D eigenvalue weighted by Crippen LogP contribution is 2.26. The zero-order chi connectivity index (χ0) is 13.4. The van der Waals surface area contributed by atoms with Crippen molar-refractivity contribution in [3.63, 3.8) is 0 Å². The Hall–Kier alpha value is -2.10. The number of carbonyl (C=O) groups is 1. The Balaban J connectivity index is 2.61. The van der Waals surface area contributed by atoms with Crippen LogP contribution in [0, 0.1) is 19.7 Å². The minimum atomic E-state index is -0.451. The van der Waals surface area contributed by atoms with Crippen molar-refractivity contribution in [1.29, 1.82) is 0 Å². The molecule has 0 aliphatic rings. The van der Waals surface area contributed by atoms with E-state index in [1.54, 1.807) is 25.1 Å². The molecule has 4 heteroatoms. The summed E-state index contributed by atoms with van der Waals surface area (Å²) >= 11 is 0. The van der Waals surface area contributed by atoms with E-state index in [1.165, 1.54) is 6.07 Å². The van der Waals surface area contributed by atoms with Gasteiger partial charge in [0.15, 0.2) is 0 Å². The van der Waals surface area contributed by atoms with E-state index in [1.807, 2.05) is 18.5 Å². The van der Waals surface area contributed by atoms with Gasteiger partial charge in [-0.05, 0) is 49.2 Å². The highest BCUT2D eigenvalue weighted by atomic mass is 19.1. The highest BCUT2D eigenvalue weighted by Gasteiger charge is 2.14. The van der Waals surface area contributed by atoms with Crippen LogP contribution >= 0.6 is 0 Å².